The van der Waals surface area contributed by atoms with Gasteiger partial charge >= 0.3 is 0 Å². The molecule has 1 aliphatic carbocycles. The van der Waals surface area contributed by atoms with Crippen LogP contribution in [0.3, 0.4) is 0 Å². The van der Waals surface area contributed by atoms with Crippen LogP contribution in [-0.4, -0.2) is 7.11 Å². The molecule has 1 aromatic carbocycles. The summed E-state index contributed by atoms with van der Waals surface area (Å²) in [5, 5.41) is 1.33. The van der Waals surface area contributed by atoms with Crippen molar-refractivity contribution in [2.24, 2.45) is 0 Å². The van der Waals surface area contributed by atoms with Gasteiger partial charge in [-0.25, -0.2) is 0 Å². The molecule has 2 aromatic rings. The molecule has 0 atom stereocenters. The molecule has 1 aliphatic rings. The number of ether oxygens (including phenoxy) is 1. The second kappa shape index (κ2) is 4.53. The van der Waals surface area contributed by atoms with Crippen LogP contribution in [0.5, 0.6) is 5.75 Å². The van der Waals surface area contributed by atoms with Crippen molar-refractivity contribution in [1.82, 2.24) is 0 Å². The lowest BCUT2D eigenvalue weighted by molar-refractivity contribution is 0.415. The lowest BCUT2D eigenvalue weighted by Gasteiger charge is -2.10. The summed E-state index contributed by atoms with van der Waals surface area (Å²) in [5.74, 6) is 0.948. The Morgan fingerprint density at radius 3 is 2.88 bits per heavy atom. The van der Waals surface area contributed by atoms with Crippen molar-refractivity contribution in [1.29, 1.82) is 0 Å². The standard InChI is InChI=1S/C15H16OS/c1-16-13-8-7-12-9-14(17-15(12)10-13)11-5-3-2-4-6-11/h5,7-10H,2-4,6H2,1H3. The highest BCUT2D eigenvalue weighted by atomic mass is 32.1. The van der Waals surface area contributed by atoms with Crippen LogP contribution in [0, 0.1) is 0 Å². The van der Waals surface area contributed by atoms with E-state index >= 15 is 0 Å². The first-order valence-electron chi connectivity index (χ1n) is 6.14. The number of rotatable bonds is 2. The minimum Gasteiger partial charge on any atom is -0.497 e. The molecule has 0 spiro atoms. The number of thiophene rings is 1. The summed E-state index contributed by atoms with van der Waals surface area (Å²) in [5.41, 5.74) is 1.54. The molecule has 0 aliphatic heterocycles. The molecule has 1 nitrogen and oxygen atoms in total. The summed E-state index contributed by atoms with van der Waals surface area (Å²) in [4.78, 5) is 1.44. The average Bonchev–Trinajstić information content (AvgIpc) is 2.82. The summed E-state index contributed by atoms with van der Waals surface area (Å²) in [7, 11) is 1.72. The normalized spacial score (nSPS) is 15.9. The first-order chi connectivity index (χ1) is 8.36. The second-order valence-corrected chi connectivity index (χ2v) is 5.57. The number of methoxy groups -OCH3 is 1. The summed E-state index contributed by atoms with van der Waals surface area (Å²) < 4.78 is 6.59. The molecule has 0 saturated carbocycles. The van der Waals surface area contributed by atoms with Gasteiger partial charge in [-0.2, -0.15) is 0 Å². The number of allylic oxidation sites excluding steroid dienone is 2. The van der Waals surface area contributed by atoms with E-state index in [-0.39, 0.29) is 0 Å². The molecule has 3 rings (SSSR count). The monoisotopic (exact) mass is 244 g/mol. The number of benzene rings is 1. The summed E-state index contributed by atoms with van der Waals surface area (Å²) >= 11 is 1.89. The van der Waals surface area contributed by atoms with Crippen LogP contribution in [-0.2, 0) is 0 Å². The molecular formula is C15H16OS. The average molecular weight is 244 g/mol. The predicted octanol–water partition coefficient (Wildman–Crippen LogP) is 4.87. The van der Waals surface area contributed by atoms with Gasteiger partial charge in [0.1, 0.15) is 5.75 Å². The van der Waals surface area contributed by atoms with Gasteiger partial charge in [-0.15, -0.1) is 11.3 Å². The third kappa shape index (κ3) is 2.09. The Balaban J connectivity index is 2.03. The van der Waals surface area contributed by atoms with E-state index in [0.29, 0.717) is 0 Å². The zero-order chi connectivity index (χ0) is 11.7. The number of hydrogen-bond acceptors (Lipinski definition) is 2. The quantitative estimate of drug-likeness (QED) is 0.732. The van der Waals surface area contributed by atoms with Crippen LogP contribution >= 0.6 is 11.3 Å². The first kappa shape index (κ1) is 10.8. The van der Waals surface area contributed by atoms with E-state index in [1.807, 2.05) is 17.4 Å². The first-order valence-corrected chi connectivity index (χ1v) is 6.95. The van der Waals surface area contributed by atoms with Crippen molar-refractivity contribution in [3.05, 3.63) is 35.2 Å². The van der Waals surface area contributed by atoms with Crippen molar-refractivity contribution < 1.29 is 4.74 Å². The fraction of sp³-hybridized carbons (Fsp3) is 0.333. The Hall–Kier alpha value is -1.28. The highest BCUT2D eigenvalue weighted by molar-refractivity contribution is 7.20. The summed E-state index contributed by atoms with van der Waals surface area (Å²) in [6, 6.07) is 8.63. The Kier molecular flexibility index (Phi) is 2.89. The molecule has 0 bridgehead atoms. The molecule has 2 heteroatoms. The lowest BCUT2D eigenvalue weighted by atomic mass is 9.98. The smallest absolute Gasteiger partial charge is 0.120 e. The van der Waals surface area contributed by atoms with E-state index < -0.39 is 0 Å². The molecule has 0 saturated heterocycles. The minimum atomic E-state index is 0.948. The van der Waals surface area contributed by atoms with Gasteiger partial charge < -0.3 is 4.74 Å². The highest BCUT2D eigenvalue weighted by Gasteiger charge is 2.10. The molecule has 0 N–H and O–H groups in total. The van der Waals surface area contributed by atoms with Gasteiger partial charge in [-0.05, 0) is 60.9 Å². The third-order valence-corrected chi connectivity index (χ3v) is 4.51. The van der Waals surface area contributed by atoms with Gasteiger partial charge in [0.15, 0.2) is 0 Å². The second-order valence-electron chi connectivity index (χ2n) is 4.49. The van der Waals surface area contributed by atoms with Gasteiger partial charge in [0, 0.05) is 9.58 Å². The van der Waals surface area contributed by atoms with E-state index in [9.17, 15) is 0 Å². The van der Waals surface area contributed by atoms with E-state index in [4.69, 9.17) is 4.74 Å². The maximum atomic E-state index is 5.27. The van der Waals surface area contributed by atoms with E-state index in [1.54, 1.807) is 7.11 Å². The molecule has 0 fully saturated rings. The number of hydrogen-bond donors (Lipinski definition) is 0. The van der Waals surface area contributed by atoms with Crippen LogP contribution in [0.4, 0.5) is 0 Å². The fourth-order valence-corrected chi connectivity index (χ4v) is 3.52. The Morgan fingerprint density at radius 2 is 2.12 bits per heavy atom. The zero-order valence-electron chi connectivity index (χ0n) is 10.0. The largest absolute Gasteiger partial charge is 0.497 e. The molecule has 0 radical (unpaired) electrons. The Morgan fingerprint density at radius 1 is 1.18 bits per heavy atom. The van der Waals surface area contributed by atoms with Crippen LogP contribution in [0.15, 0.2) is 30.3 Å². The van der Waals surface area contributed by atoms with Crippen molar-refractivity contribution >= 4 is 27.0 Å². The molecule has 17 heavy (non-hydrogen) atoms. The number of fused-ring (bicyclic) bond motifs is 1. The summed E-state index contributed by atoms with van der Waals surface area (Å²) in [6.07, 6.45) is 7.58. The lowest BCUT2D eigenvalue weighted by Crippen LogP contribution is -1.88. The minimum absolute atomic E-state index is 0.948. The van der Waals surface area contributed by atoms with Crippen molar-refractivity contribution in [2.75, 3.05) is 7.11 Å². The molecule has 1 aromatic heterocycles. The van der Waals surface area contributed by atoms with Gasteiger partial charge in [0.05, 0.1) is 7.11 Å². The van der Waals surface area contributed by atoms with E-state index in [0.717, 1.165) is 5.75 Å². The van der Waals surface area contributed by atoms with Crippen LogP contribution < -0.4 is 4.74 Å². The molecule has 88 valence electrons. The highest BCUT2D eigenvalue weighted by Crippen LogP contribution is 2.36. The fourth-order valence-electron chi connectivity index (χ4n) is 2.36. The SMILES string of the molecule is COc1ccc2cc(C3=CCCCC3)sc2c1. The molecular weight excluding hydrogens is 228 g/mol. The molecule has 1 heterocycles. The van der Waals surface area contributed by atoms with Gasteiger partial charge in [-0.3, -0.25) is 0 Å². The van der Waals surface area contributed by atoms with Crippen LogP contribution in [0.25, 0.3) is 15.7 Å². The van der Waals surface area contributed by atoms with Crippen molar-refractivity contribution in [3.63, 3.8) is 0 Å². The van der Waals surface area contributed by atoms with Crippen LogP contribution in [0.1, 0.15) is 30.6 Å². The summed E-state index contributed by atoms with van der Waals surface area (Å²) in [6.45, 7) is 0. The Labute approximate surface area is 106 Å². The Bertz CT molecular complexity index is 565. The molecule has 0 amide bonds. The van der Waals surface area contributed by atoms with Crippen LogP contribution in [0.2, 0.25) is 0 Å². The zero-order valence-corrected chi connectivity index (χ0v) is 10.8. The topological polar surface area (TPSA) is 9.23 Å². The van der Waals surface area contributed by atoms with Crippen molar-refractivity contribution in [2.45, 2.75) is 25.7 Å². The van der Waals surface area contributed by atoms with Crippen molar-refractivity contribution in [3.8, 4) is 5.75 Å². The maximum Gasteiger partial charge on any atom is 0.120 e. The third-order valence-electron chi connectivity index (χ3n) is 3.33. The predicted molar refractivity (Wildman–Crippen MR) is 74.8 cm³/mol. The maximum absolute atomic E-state index is 5.27. The molecule has 0 unspecified atom stereocenters. The van der Waals surface area contributed by atoms with Gasteiger partial charge in [-0.1, -0.05) is 6.08 Å². The van der Waals surface area contributed by atoms with Gasteiger partial charge in [0.2, 0.25) is 0 Å². The van der Waals surface area contributed by atoms with Gasteiger partial charge in [0.25, 0.3) is 0 Å². The van der Waals surface area contributed by atoms with E-state index in [1.165, 1.54) is 46.2 Å². The van der Waals surface area contributed by atoms with E-state index in [2.05, 4.69) is 24.3 Å².